The summed E-state index contributed by atoms with van der Waals surface area (Å²) in [5.41, 5.74) is 0.491. The zero-order chi connectivity index (χ0) is 23.1. The summed E-state index contributed by atoms with van der Waals surface area (Å²) in [6.45, 7) is -0.399. The molecule has 3 aromatic carbocycles. The number of methoxy groups -OCH3 is 1. The molecule has 9 heteroatoms. The minimum Gasteiger partial charge on any atom is -0.495 e. The highest BCUT2D eigenvalue weighted by Crippen LogP contribution is 2.28. The van der Waals surface area contributed by atoms with Crippen LogP contribution in [0.3, 0.4) is 0 Å². The average molecular weight is 439 g/mol. The Kier molecular flexibility index (Phi) is 7.12. The van der Waals surface area contributed by atoms with Crippen molar-refractivity contribution in [2.24, 2.45) is 0 Å². The summed E-state index contributed by atoms with van der Waals surface area (Å²) in [5, 5.41) is 7.50. The highest BCUT2D eigenvalue weighted by Gasteiger charge is 2.14. The fourth-order valence-electron chi connectivity index (χ4n) is 2.81. The van der Waals surface area contributed by atoms with Gasteiger partial charge < -0.3 is 20.7 Å². The molecule has 164 valence electrons. The molecule has 32 heavy (non-hydrogen) atoms. The second-order valence-corrected chi connectivity index (χ2v) is 6.59. The van der Waals surface area contributed by atoms with Gasteiger partial charge in [-0.3, -0.25) is 14.4 Å². The summed E-state index contributed by atoms with van der Waals surface area (Å²) < 4.78 is 32.2. The molecule has 3 amide bonds. The van der Waals surface area contributed by atoms with E-state index in [1.54, 1.807) is 0 Å². The number of anilines is 2. The Balaban J connectivity index is 1.65. The van der Waals surface area contributed by atoms with E-state index in [2.05, 4.69) is 16.0 Å². The molecular formula is C23H19F2N3O4. The lowest BCUT2D eigenvalue weighted by atomic mass is 10.2. The van der Waals surface area contributed by atoms with Crippen LogP contribution in [0.25, 0.3) is 0 Å². The van der Waals surface area contributed by atoms with Crippen LogP contribution in [-0.4, -0.2) is 31.4 Å². The van der Waals surface area contributed by atoms with Gasteiger partial charge in [0.1, 0.15) is 17.4 Å². The minimum atomic E-state index is -0.726. The molecule has 0 aliphatic heterocycles. The van der Waals surface area contributed by atoms with Crippen LogP contribution in [-0.2, 0) is 4.79 Å². The average Bonchev–Trinajstić information content (AvgIpc) is 2.78. The number of benzene rings is 3. The van der Waals surface area contributed by atoms with Gasteiger partial charge in [0.25, 0.3) is 11.8 Å². The molecule has 0 atom stereocenters. The molecule has 0 saturated carbocycles. The zero-order valence-electron chi connectivity index (χ0n) is 16.9. The molecule has 0 radical (unpaired) electrons. The van der Waals surface area contributed by atoms with Gasteiger partial charge >= 0.3 is 0 Å². The number of carbonyl (C=O) groups is 3. The predicted octanol–water partition coefficient (Wildman–Crippen LogP) is 3.59. The monoisotopic (exact) mass is 439 g/mol. The SMILES string of the molecule is COc1ccc(NC(=O)CNC(=O)c2ccccc2F)cc1NC(=O)c1cccc(F)c1. The first-order chi connectivity index (χ1) is 15.4. The number of carbonyl (C=O) groups excluding carboxylic acids is 3. The summed E-state index contributed by atoms with van der Waals surface area (Å²) in [6, 6.07) is 15.1. The van der Waals surface area contributed by atoms with Crippen LogP contribution in [0.4, 0.5) is 20.2 Å². The second kappa shape index (κ2) is 10.2. The zero-order valence-corrected chi connectivity index (χ0v) is 16.9. The van der Waals surface area contributed by atoms with Crippen molar-refractivity contribution in [2.45, 2.75) is 0 Å². The molecule has 7 nitrogen and oxygen atoms in total. The molecule has 0 aliphatic carbocycles. The molecule has 0 bridgehead atoms. The van der Waals surface area contributed by atoms with Gasteiger partial charge in [0.05, 0.1) is 24.9 Å². The highest BCUT2D eigenvalue weighted by molar-refractivity contribution is 6.05. The quantitative estimate of drug-likeness (QED) is 0.524. The Morgan fingerprint density at radius 1 is 0.875 bits per heavy atom. The van der Waals surface area contributed by atoms with E-state index in [0.29, 0.717) is 11.4 Å². The maximum atomic E-state index is 13.6. The van der Waals surface area contributed by atoms with E-state index >= 15 is 0 Å². The Labute approximate surface area is 182 Å². The summed E-state index contributed by atoms with van der Waals surface area (Å²) in [5.74, 6) is -2.79. The van der Waals surface area contributed by atoms with Crippen LogP contribution >= 0.6 is 0 Å². The lowest BCUT2D eigenvalue weighted by Crippen LogP contribution is -2.33. The van der Waals surface area contributed by atoms with Crippen molar-refractivity contribution in [3.8, 4) is 5.75 Å². The van der Waals surface area contributed by atoms with E-state index in [4.69, 9.17) is 4.74 Å². The molecule has 0 fully saturated rings. The van der Waals surface area contributed by atoms with Crippen molar-refractivity contribution in [3.05, 3.63) is 89.5 Å². The van der Waals surface area contributed by atoms with Crippen LogP contribution in [0.15, 0.2) is 66.7 Å². The Hall–Kier alpha value is -4.27. The predicted molar refractivity (Wildman–Crippen MR) is 115 cm³/mol. The van der Waals surface area contributed by atoms with Gasteiger partial charge in [-0.2, -0.15) is 0 Å². The normalized spacial score (nSPS) is 10.2. The first-order valence-corrected chi connectivity index (χ1v) is 9.45. The van der Waals surface area contributed by atoms with Crippen LogP contribution < -0.4 is 20.7 Å². The lowest BCUT2D eigenvalue weighted by molar-refractivity contribution is -0.115. The van der Waals surface area contributed by atoms with E-state index < -0.39 is 35.9 Å². The van der Waals surface area contributed by atoms with Gasteiger partial charge in [0.2, 0.25) is 5.91 Å². The minimum absolute atomic E-state index is 0.109. The molecule has 0 aliphatic rings. The molecule has 3 N–H and O–H groups in total. The number of nitrogens with one attached hydrogen (secondary N) is 3. The number of hydrogen-bond donors (Lipinski definition) is 3. The van der Waals surface area contributed by atoms with Crippen LogP contribution in [0.2, 0.25) is 0 Å². The van der Waals surface area contributed by atoms with Gasteiger partial charge in [0, 0.05) is 11.3 Å². The molecule has 3 rings (SSSR count). The van der Waals surface area contributed by atoms with E-state index in [1.165, 1.54) is 61.7 Å². The van der Waals surface area contributed by atoms with Crippen molar-refractivity contribution in [1.82, 2.24) is 5.32 Å². The number of halogens is 2. The molecule has 0 saturated heterocycles. The maximum Gasteiger partial charge on any atom is 0.255 e. The van der Waals surface area contributed by atoms with E-state index in [9.17, 15) is 23.2 Å². The van der Waals surface area contributed by atoms with E-state index in [0.717, 1.165) is 12.1 Å². The Bertz CT molecular complexity index is 1170. The molecule has 0 spiro atoms. The Morgan fingerprint density at radius 2 is 1.66 bits per heavy atom. The highest BCUT2D eigenvalue weighted by atomic mass is 19.1. The van der Waals surface area contributed by atoms with Crippen molar-refractivity contribution >= 4 is 29.1 Å². The third-order valence-corrected chi connectivity index (χ3v) is 4.35. The van der Waals surface area contributed by atoms with Gasteiger partial charge in [-0.05, 0) is 48.5 Å². The fourth-order valence-corrected chi connectivity index (χ4v) is 2.81. The van der Waals surface area contributed by atoms with Crippen LogP contribution in [0.5, 0.6) is 5.75 Å². The van der Waals surface area contributed by atoms with Crippen LogP contribution in [0, 0.1) is 11.6 Å². The number of hydrogen-bond acceptors (Lipinski definition) is 4. The first kappa shape index (κ1) is 22.4. The summed E-state index contributed by atoms with van der Waals surface area (Å²) in [7, 11) is 1.41. The summed E-state index contributed by atoms with van der Waals surface area (Å²) >= 11 is 0. The van der Waals surface area contributed by atoms with Gasteiger partial charge in [-0.1, -0.05) is 18.2 Å². The van der Waals surface area contributed by atoms with Crippen molar-refractivity contribution in [2.75, 3.05) is 24.3 Å². The molecular weight excluding hydrogens is 420 g/mol. The first-order valence-electron chi connectivity index (χ1n) is 9.45. The topological polar surface area (TPSA) is 96.5 Å². The second-order valence-electron chi connectivity index (χ2n) is 6.59. The molecule has 0 heterocycles. The largest absolute Gasteiger partial charge is 0.495 e. The van der Waals surface area contributed by atoms with Gasteiger partial charge in [-0.15, -0.1) is 0 Å². The van der Waals surface area contributed by atoms with E-state index in [1.807, 2.05) is 0 Å². The van der Waals surface area contributed by atoms with E-state index in [-0.39, 0.29) is 16.8 Å². The third-order valence-electron chi connectivity index (χ3n) is 4.35. The van der Waals surface area contributed by atoms with Crippen molar-refractivity contribution < 1.29 is 27.9 Å². The van der Waals surface area contributed by atoms with Crippen molar-refractivity contribution in [1.29, 1.82) is 0 Å². The van der Waals surface area contributed by atoms with Crippen LogP contribution in [0.1, 0.15) is 20.7 Å². The summed E-state index contributed by atoms with van der Waals surface area (Å²) in [6.07, 6.45) is 0. The molecule has 0 unspecified atom stereocenters. The van der Waals surface area contributed by atoms with Gasteiger partial charge in [0.15, 0.2) is 0 Å². The number of ether oxygens (including phenoxy) is 1. The van der Waals surface area contributed by atoms with Crippen molar-refractivity contribution in [3.63, 3.8) is 0 Å². The number of amides is 3. The summed E-state index contributed by atoms with van der Waals surface area (Å²) in [4.78, 5) is 36.6. The fraction of sp³-hybridized carbons (Fsp3) is 0.0870. The molecule has 3 aromatic rings. The lowest BCUT2D eigenvalue weighted by Gasteiger charge is -2.13. The smallest absolute Gasteiger partial charge is 0.255 e. The van der Waals surface area contributed by atoms with Gasteiger partial charge in [-0.25, -0.2) is 8.78 Å². The third kappa shape index (κ3) is 5.66. The standard InChI is InChI=1S/C23H19F2N3O4/c1-32-20-10-9-16(12-19(20)28-22(30)14-5-4-6-15(24)11-14)27-21(29)13-26-23(31)17-7-2-3-8-18(17)25/h2-12H,13H2,1H3,(H,26,31)(H,27,29)(H,28,30). The number of rotatable bonds is 7. The molecule has 0 aromatic heterocycles. The maximum absolute atomic E-state index is 13.6. The Morgan fingerprint density at radius 3 is 2.38 bits per heavy atom.